The fraction of sp³-hybridized carbons (Fsp3) is 0.273. The summed E-state index contributed by atoms with van der Waals surface area (Å²) in [6.45, 7) is 0.628. The fourth-order valence-corrected chi connectivity index (χ4v) is 1.76. The van der Waals surface area contributed by atoms with Crippen molar-refractivity contribution in [1.29, 1.82) is 0 Å². The van der Waals surface area contributed by atoms with Crippen LogP contribution in [0.15, 0.2) is 29.3 Å². The van der Waals surface area contributed by atoms with Crippen LogP contribution < -0.4 is 0 Å². The van der Waals surface area contributed by atoms with Gasteiger partial charge in [0.2, 0.25) is 0 Å². The van der Waals surface area contributed by atoms with E-state index in [9.17, 15) is 0 Å². The molecule has 1 aromatic carbocycles. The summed E-state index contributed by atoms with van der Waals surface area (Å²) in [7, 11) is 3.88. The normalized spacial score (nSPS) is 12.9. The van der Waals surface area contributed by atoms with Crippen molar-refractivity contribution in [3.05, 3.63) is 39.9 Å². The summed E-state index contributed by atoms with van der Waals surface area (Å²) in [6.07, 6.45) is 0. The lowest BCUT2D eigenvalue weighted by atomic mass is 10.2. The summed E-state index contributed by atoms with van der Waals surface area (Å²) >= 11 is 18.0. The summed E-state index contributed by atoms with van der Waals surface area (Å²) in [5, 5.41) is 1.89. The van der Waals surface area contributed by atoms with Gasteiger partial charge in [-0.05, 0) is 31.8 Å². The van der Waals surface area contributed by atoms with E-state index in [1.54, 1.807) is 12.1 Å². The Balaban J connectivity index is 2.92. The predicted molar refractivity (Wildman–Crippen MR) is 68.6 cm³/mol. The second-order valence-electron chi connectivity index (χ2n) is 3.46. The van der Waals surface area contributed by atoms with Crippen LogP contribution in [0, 0.1) is 0 Å². The van der Waals surface area contributed by atoms with Gasteiger partial charge >= 0.3 is 0 Å². The number of nitrogens with zero attached hydrogens (tertiary/aromatic N) is 1. The largest absolute Gasteiger partial charge is 0.304 e. The van der Waals surface area contributed by atoms with Gasteiger partial charge in [-0.3, -0.25) is 0 Å². The smallest absolute Gasteiger partial charge is 0.0636 e. The highest BCUT2D eigenvalue weighted by Crippen LogP contribution is 2.26. The predicted octanol–water partition coefficient (Wildman–Crippen LogP) is 4.05. The molecule has 0 aromatic heterocycles. The molecule has 0 spiro atoms. The summed E-state index contributed by atoms with van der Waals surface area (Å²) in [5.41, 5.74) is 0.882. The van der Waals surface area contributed by atoms with Crippen molar-refractivity contribution >= 4 is 39.8 Å². The van der Waals surface area contributed by atoms with Crippen molar-refractivity contribution in [2.75, 3.05) is 20.6 Å². The molecule has 0 saturated heterocycles. The Kier molecular flexibility index (Phi) is 4.94. The topological polar surface area (TPSA) is 3.24 Å². The monoisotopic (exact) mass is 263 g/mol. The fourth-order valence-electron chi connectivity index (χ4n) is 1.10. The lowest BCUT2D eigenvalue weighted by Gasteiger charge is -2.10. The quantitative estimate of drug-likeness (QED) is 0.796. The number of hydrogen-bond donors (Lipinski definition) is 0. The summed E-state index contributed by atoms with van der Waals surface area (Å²) in [4.78, 5) is 1.96. The van der Waals surface area contributed by atoms with Crippen LogP contribution in [0.5, 0.6) is 0 Å². The maximum Gasteiger partial charge on any atom is 0.0636 e. The Hall–Kier alpha value is -0.210. The van der Waals surface area contributed by atoms with Gasteiger partial charge in [0.1, 0.15) is 0 Å². The molecule has 0 aliphatic heterocycles. The highest BCUT2D eigenvalue weighted by atomic mass is 35.5. The van der Waals surface area contributed by atoms with Crippen LogP contribution in [-0.4, -0.2) is 25.5 Å². The Morgan fingerprint density at radius 2 is 1.67 bits per heavy atom. The molecule has 1 rings (SSSR count). The molecule has 0 aliphatic carbocycles. The van der Waals surface area contributed by atoms with E-state index >= 15 is 0 Å². The first-order chi connectivity index (χ1) is 7.00. The Morgan fingerprint density at radius 3 is 2.13 bits per heavy atom. The molecular weight excluding hydrogens is 252 g/mol. The summed E-state index contributed by atoms with van der Waals surface area (Å²) in [6, 6.07) is 7.28. The third-order valence-electron chi connectivity index (χ3n) is 1.79. The van der Waals surface area contributed by atoms with Gasteiger partial charge in [0.15, 0.2) is 0 Å². The zero-order chi connectivity index (χ0) is 11.4. The lowest BCUT2D eigenvalue weighted by molar-refractivity contribution is 0.453. The van der Waals surface area contributed by atoms with E-state index in [-0.39, 0.29) is 0 Å². The van der Waals surface area contributed by atoms with Gasteiger partial charge in [-0.2, -0.15) is 0 Å². The Labute approximate surface area is 105 Å². The Morgan fingerprint density at radius 1 is 1.13 bits per heavy atom. The van der Waals surface area contributed by atoms with E-state index in [0.717, 1.165) is 5.56 Å². The SMILES string of the molecule is CN(C)CC(Cl)=C(Cl)c1ccc(Cl)cc1. The second-order valence-corrected chi connectivity index (χ2v) is 4.73. The average molecular weight is 265 g/mol. The molecule has 0 radical (unpaired) electrons. The molecule has 0 N–H and O–H groups in total. The molecular formula is C11H12Cl3N. The Bertz CT molecular complexity index is 355. The maximum atomic E-state index is 6.13. The van der Waals surface area contributed by atoms with E-state index < -0.39 is 0 Å². The molecule has 1 nitrogen and oxygen atoms in total. The number of halogens is 3. The van der Waals surface area contributed by atoms with Gasteiger partial charge in [0.25, 0.3) is 0 Å². The van der Waals surface area contributed by atoms with Crippen molar-refractivity contribution in [2.24, 2.45) is 0 Å². The highest BCUT2D eigenvalue weighted by molar-refractivity contribution is 6.54. The first-order valence-electron chi connectivity index (χ1n) is 4.45. The van der Waals surface area contributed by atoms with Crippen LogP contribution in [0.4, 0.5) is 0 Å². The third-order valence-corrected chi connectivity index (χ3v) is 2.89. The van der Waals surface area contributed by atoms with Gasteiger partial charge in [0.05, 0.1) is 10.1 Å². The van der Waals surface area contributed by atoms with Crippen LogP contribution in [0.1, 0.15) is 5.56 Å². The van der Waals surface area contributed by atoms with E-state index in [1.165, 1.54) is 0 Å². The molecule has 1 aromatic rings. The highest BCUT2D eigenvalue weighted by Gasteiger charge is 2.05. The minimum Gasteiger partial charge on any atom is -0.304 e. The van der Waals surface area contributed by atoms with Crippen LogP contribution in [0.25, 0.3) is 5.03 Å². The molecule has 4 heteroatoms. The molecule has 0 saturated carbocycles. The van der Waals surface area contributed by atoms with Gasteiger partial charge in [-0.1, -0.05) is 46.9 Å². The second kappa shape index (κ2) is 5.76. The van der Waals surface area contributed by atoms with Gasteiger partial charge in [-0.15, -0.1) is 0 Å². The maximum absolute atomic E-state index is 6.13. The third kappa shape index (κ3) is 4.04. The van der Waals surface area contributed by atoms with Crippen molar-refractivity contribution in [3.8, 4) is 0 Å². The van der Waals surface area contributed by atoms with Crippen molar-refractivity contribution in [2.45, 2.75) is 0 Å². The zero-order valence-electron chi connectivity index (χ0n) is 8.60. The van der Waals surface area contributed by atoms with Crippen LogP contribution in [0.2, 0.25) is 5.02 Å². The van der Waals surface area contributed by atoms with Gasteiger partial charge < -0.3 is 4.90 Å². The first-order valence-corrected chi connectivity index (χ1v) is 5.59. The number of hydrogen-bond acceptors (Lipinski definition) is 1. The van der Waals surface area contributed by atoms with E-state index in [4.69, 9.17) is 34.8 Å². The van der Waals surface area contributed by atoms with Crippen LogP contribution in [-0.2, 0) is 0 Å². The average Bonchev–Trinajstić information content (AvgIpc) is 2.17. The lowest BCUT2D eigenvalue weighted by Crippen LogP contribution is -2.13. The number of rotatable bonds is 3. The number of benzene rings is 1. The summed E-state index contributed by atoms with van der Waals surface area (Å²) < 4.78 is 0. The first kappa shape index (κ1) is 12.9. The van der Waals surface area contributed by atoms with Crippen LogP contribution >= 0.6 is 34.8 Å². The van der Waals surface area contributed by atoms with Crippen LogP contribution in [0.3, 0.4) is 0 Å². The van der Waals surface area contributed by atoms with Crippen molar-refractivity contribution in [3.63, 3.8) is 0 Å². The van der Waals surface area contributed by atoms with Crippen molar-refractivity contribution < 1.29 is 0 Å². The number of likely N-dealkylation sites (N-methyl/N-ethyl adjacent to an activating group) is 1. The molecule has 15 heavy (non-hydrogen) atoms. The minimum absolute atomic E-state index is 0.571. The van der Waals surface area contributed by atoms with E-state index in [1.807, 2.05) is 31.1 Å². The molecule has 0 amide bonds. The molecule has 0 atom stereocenters. The van der Waals surface area contributed by atoms with Gasteiger partial charge in [-0.25, -0.2) is 0 Å². The molecule has 82 valence electrons. The molecule has 0 unspecified atom stereocenters. The standard InChI is InChI=1S/C11H12Cl3N/c1-15(2)7-10(13)11(14)8-3-5-9(12)6-4-8/h3-6H,7H2,1-2H3. The molecule has 0 aliphatic rings. The van der Waals surface area contributed by atoms with Crippen molar-refractivity contribution in [1.82, 2.24) is 4.90 Å². The zero-order valence-corrected chi connectivity index (χ0v) is 10.9. The summed E-state index contributed by atoms with van der Waals surface area (Å²) in [5.74, 6) is 0. The minimum atomic E-state index is 0.571. The van der Waals surface area contributed by atoms with E-state index in [0.29, 0.717) is 21.6 Å². The molecule has 0 heterocycles. The van der Waals surface area contributed by atoms with Gasteiger partial charge in [0, 0.05) is 11.6 Å². The van der Waals surface area contributed by atoms with E-state index in [2.05, 4.69) is 0 Å². The molecule has 0 bridgehead atoms. The molecule has 0 fully saturated rings.